The highest BCUT2D eigenvalue weighted by Crippen LogP contribution is 2.29. The Balaban J connectivity index is 2.22. The number of carboxylic acid groups (broad SMARTS) is 1. The van der Waals surface area contributed by atoms with E-state index < -0.39 is 71.5 Å². The predicted octanol–water partition coefficient (Wildman–Crippen LogP) is 0.919. The van der Waals surface area contributed by atoms with Crippen LogP contribution in [-0.2, 0) is 20.8 Å². The van der Waals surface area contributed by atoms with Crippen LogP contribution in [0.1, 0.15) is 50.0 Å². The van der Waals surface area contributed by atoms with Gasteiger partial charge in [0.2, 0.25) is 11.8 Å². The fraction of sp³-hybridized carbons (Fsp3) is 0.448. The molecular formula is C29H39N3O9. The van der Waals surface area contributed by atoms with Gasteiger partial charge in [-0.25, -0.2) is 0 Å². The number of aliphatic carboxylic acids is 1. The molecule has 0 heterocycles. The molecule has 224 valence electrons. The first-order valence-electron chi connectivity index (χ1n) is 13.1. The van der Waals surface area contributed by atoms with Gasteiger partial charge in [-0.1, -0.05) is 51.1 Å². The third-order valence-corrected chi connectivity index (χ3v) is 6.59. The zero-order valence-electron chi connectivity index (χ0n) is 23.5. The summed E-state index contributed by atoms with van der Waals surface area (Å²) in [6.45, 7) is 6.15. The highest BCUT2D eigenvalue weighted by Gasteiger charge is 2.35. The van der Waals surface area contributed by atoms with E-state index in [1.165, 1.54) is 13.0 Å². The number of phenols is 2. The quantitative estimate of drug-likeness (QED) is 0.160. The first kappa shape index (κ1) is 33.0. The van der Waals surface area contributed by atoms with Crippen molar-refractivity contribution in [1.29, 1.82) is 0 Å². The molecule has 0 fully saturated rings. The lowest BCUT2D eigenvalue weighted by atomic mass is 9.78. The summed E-state index contributed by atoms with van der Waals surface area (Å²) in [5.74, 6) is -5.11. The van der Waals surface area contributed by atoms with Gasteiger partial charge in [0.05, 0.1) is 36.2 Å². The SMILES string of the molecule is C[C@@H](O)[C@H](NC(=O)c1cc(O)ccc1O)C(=O)N[C@@H](Cc1ccccc1)[C@H](O)CNC(=O)[C@H](CC(=O)O)C(C)(C)C. The summed E-state index contributed by atoms with van der Waals surface area (Å²) < 4.78 is 0. The summed E-state index contributed by atoms with van der Waals surface area (Å²) in [4.78, 5) is 50.1. The maximum atomic E-state index is 13.2. The monoisotopic (exact) mass is 573 g/mol. The van der Waals surface area contributed by atoms with Gasteiger partial charge in [-0.2, -0.15) is 0 Å². The molecule has 0 bridgehead atoms. The average Bonchev–Trinajstić information content (AvgIpc) is 2.89. The second-order valence-electron chi connectivity index (χ2n) is 11.0. The van der Waals surface area contributed by atoms with Crippen LogP contribution in [0.5, 0.6) is 11.5 Å². The summed E-state index contributed by atoms with van der Waals surface area (Å²) >= 11 is 0. The van der Waals surface area contributed by atoms with Crippen molar-refractivity contribution in [3.05, 3.63) is 59.7 Å². The Kier molecular flexibility index (Phi) is 11.7. The molecule has 8 N–H and O–H groups in total. The Morgan fingerprint density at radius 1 is 0.902 bits per heavy atom. The minimum atomic E-state index is -1.51. The molecule has 2 rings (SSSR count). The van der Waals surface area contributed by atoms with Gasteiger partial charge in [-0.15, -0.1) is 0 Å². The van der Waals surface area contributed by atoms with Gasteiger partial charge in [0.15, 0.2) is 0 Å². The lowest BCUT2D eigenvalue weighted by Gasteiger charge is -2.31. The van der Waals surface area contributed by atoms with Crippen molar-refractivity contribution in [3.63, 3.8) is 0 Å². The molecule has 0 aliphatic rings. The molecule has 12 heteroatoms. The number of benzene rings is 2. The molecule has 3 amide bonds. The Morgan fingerprint density at radius 3 is 2.10 bits per heavy atom. The number of hydrogen-bond donors (Lipinski definition) is 8. The Morgan fingerprint density at radius 2 is 1.54 bits per heavy atom. The van der Waals surface area contributed by atoms with Crippen LogP contribution in [0.2, 0.25) is 0 Å². The highest BCUT2D eigenvalue weighted by molar-refractivity contribution is 6.00. The summed E-state index contributed by atoms with van der Waals surface area (Å²) in [5.41, 5.74) is -0.247. The fourth-order valence-corrected chi connectivity index (χ4v) is 4.19. The molecular weight excluding hydrogens is 534 g/mol. The number of aromatic hydroxyl groups is 2. The normalized spacial score (nSPS) is 15.1. The zero-order chi connectivity index (χ0) is 30.9. The molecule has 12 nitrogen and oxygen atoms in total. The molecule has 0 aliphatic carbocycles. The van der Waals surface area contributed by atoms with Gasteiger partial charge in [0, 0.05) is 6.54 Å². The number of hydrogen-bond acceptors (Lipinski definition) is 8. The number of carboxylic acids is 1. The van der Waals surface area contributed by atoms with Gasteiger partial charge in [0.1, 0.15) is 17.5 Å². The van der Waals surface area contributed by atoms with Crippen molar-refractivity contribution in [2.75, 3.05) is 6.54 Å². The summed E-state index contributed by atoms with van der Waals surface area (Å²) in [5, 5.41) is 57.7. The van der Waals surface area contributed by atoms with Crippen molar-refractivity contribution in [2.24, 2.45) is 11.3 Å². The molecule has 5 atom stereocenters. The second-order valence-corrected chi connectivity index (χ2v) is 11.0. The van der Waals surface area contributed by atoms with Crippen LogP contribution in [0.15, 0.2) is 48.5 Å². The first-order valence-corrected chi connectivity index (χ1v) is 13.1. The van der Waals surface area contributed by atoms with E-state index in [2.05, 4.69) is 16.0 Å². The number of carbonyl (C=O) groups is 4. The number of nitrogens with one attached hydrogen (secondary N) is 3. The molecule has 0 unspecified atom stereocenters. The molecule has 0 spiro atoms. The van der Waals surface area contributed by atoms with Crippen LogP contribution >= 0.6 is 0 Å². The van der Waals surface area contributed by atoms with Gasteiger partial charge < -0.3 is 41.5 Å². The maximum Gasteiger partial charge on any atom is 0.304 e. The van der Waals surface area contributed by atoms with E-state index in [-0.39, 0.29) is 24.3 Å². The van der Waals surface area contributed by atoms with E-state index in [0.29, 0.717) is 0 Å². The molecule has 0 saturated heterocycles. The summed E-state index contributed by atoms with van der Waals surface area (Å²) in [7, 11) is 0. The van der Waals surface area contributed by atoms with Crippen molar-refractivity contribution in [1.82, 2.24) is 16.0 Å². The van der Waals surface area contributed by atoms with Crippen LogP contribution in [-0.4, -0.2) is 80.1 Å². The molecule has 0 radical (unpaired) electrons. The van der Waals surface area contributed by atoms with Crippen LogP contribution in [0.3, 0.4) is 0 Å². The number of aliphatic hydroxyl groups is 2. The number of rotatable bonds is 13. The third kappa shape index (κ3) is 10.1. The van der Waals surface area contributed by atoms with Crippen molar-refractivity contribution in [2.45, 2.75) is 64.8 Å². The van der Waals surface area contributed by atoms with Gasteiger partial charge in [0.25, 0.3) is 5.91 Å². The molecule has 0 aromatic heterocycles. The minimum absolute atomic E-state index is 0.120. The molecule has 41 heavy (non-hydrogen) atoms. The lowest BCUT2D eigenvalue weighted by Crippen LogP contribution is -2.58. The van der Waals surface area contributed by atoms with Crippen LogP contribution in [0.25, 0.3) is 0 Å². The molecule has 0 saturated carbocycles. The van der Waals surface area contributed by atoms with Crippen LogP contribution in [0, 0.1) is 11.3 Å². The molecule has 2 aromatic carbocycles. The Labute approximate surface area is 238 Å². The number of carbonyl (C=O) groups excluding carboxylic acids is 3. The Bertz CT molecular complexity index is 1210. The third-order valence-electron chi connectivity index (χ3n) is 6.59. The summed E-state index contributed by atoms with van der Waals surface area (Å²) in [6, 6.07) is 9.63. The number of aliphatic hydroxyl groups excluding tert-OH is 2. The first-order chi connectivity index (χ1) is 19.1. The van der Waals surface area contributed by atoms with Gasteiger partial charge >= 0.3 is 5.97 Å². The van der Waals surface area contributed by atoms with Crippen LogP contribution in [0.4, 0.5) is 0 Å². The van der Waals surface area contributed by atoms with Gasteiger partial charge in [-0.05, 0) is 42.5 Å². The van der Waals surface area contributed by atoms with E-state index in [1.54, 1.807) is 51.1 Å². The lowest BCUT2D eigenvalue weighted by molar-refractivity contribution is -0.143. The summed E-state index contributed by atoms with van der Waals surface area (Å²) in [6.07, 6.45) is -3.01. The van der Waals surface area contributed by atoms with E-state index in [0.717, 1.165) is 17.7 Å². The van der Waals surface area contributed by atoms with Crippen molar-refractivity contribution >= 4 is 23.7 Å². The smallest absolute Gasteiger partial charge is 0.304 e. The fourth-order valence-electron chi connectivity index (χ4n) is 4.19. The zero-order valence-corrected chi connectivity index (χ0v) is 23.5. The van der Waals surface area contributed by atoms with E-state index in [1.807, 2.05) is 0 Å². The standard InChI is InChI=1S/C29H39N3O9/c1-16(33)25(32-26(39)19-13-18(34)10-11-22(19)35)28(41)31-21(12-17-8-6-5-7-9-17)23(36)15-30-27(40)20(14-24(37)38)29(2,3)4/h5-11,13,16,20-21,23,25,33-36H,12,14-15H2,1-4H3,(H,30,40)(H,31,41)(H,32,39)(H,37,38)/t16-,20+,21+,23-,25+/m1/s1. The Hall–Kier alpha value is -4.16. The minimum Gasteiger partial charge on any atom is -0.508 e. The molecule has 2 aromatic rings. The maximum absolute atomic E-state index is 13.2. The van der Waals surface area contributed by atoms with Gasteiger partial charge in [-0.3, -0.25) is 19.2 Å². The largest absolute Gasteiger partial charge is 0.508 e. The van der Waals surface area contributed by atoms with Crippen molar-refractivity contribution in [3.8, 4) is 11.5 Å². The predicted molar refractivity (Wildman–Crippen MR) is 149 cm³/mol. The number of phenolic OH excluding ortho intramolecular Hbond substituents is 2. The second kappa shape index (κ2) is 14.5. The van der Waals surface area contributed by atoms with E-state index in [4.69, 9.17) is 0 Å². The number of amides is 3. The highest BCUT2D eigenvalue weighted by atomic mass is 16.4. The van der Waals surface area contributed by atoms with Crippen molar-refractivity contribution < 1.29 is 44.7 Å². The topological polar surface area (TPSA) is 206 Å². The van der Waals surface area contributed by atoms with E-state index >= 15 is 0 Å². The molecule has 0 aliphatic heterocycles. The average molecular weight is 574 g/mol. The van der Waals surface area contributed by atoms with Crippen LogP contribution < -0.4 is 16.0 Å². The van der Waals surface area contributed by atoms with E-state index in [9.17, 15) is 44.7 Å².